The second-order valence-electron chi connectivity index (χ2n) is 3.72. The largest absolute Gasteiger partial charge is 0.375 e. The molecule has 1 rings (SSSR count). The third kappa shape index (κ3) is 1.76. The van der Waals surface area contributed by atoms with Gasteiger partial charge in [0.15, 0.2) is 0 Å². The van der Waals surface area contributed by atoms with Crippen molar-refractivity contribution >= 4 is 0 Å². The normalized spacial score (nSPS) is 27.3. The maximum atomic E-state index is 2.41. The van der Waals surface area contributed by atoms with Gasteiger partial charge in [-0.15, -0.1) is 0 Å². The third-order valence-corrected chi connectivity index (χ3v) is 2.98. The van der Waals surface area contributed by atoms with Gasteiger partial charge in [-0.25, -0.2) is 0 Å². The molecule has 0 aliphatic carbocycles. The first-order chi connectivity index (χ1) is 5.13. The second-order valence-corrected chi connectivity index (χ2v) is 3.72. The van der Waals surface area contributed by atoms with Crippen molar-refractivity contribution in [3.8, 4) is 0 Å². The van der Waals surface area contributed by atoms with Crippen LogP contribution in [0.4, 0.5) is 0 Å². The van der Waals surface area contributed by atoms with E-state index in [2.05, 4.69) is 32.7 Å². The van der Waals surface area contributed by atoms with Gasteiger partial charge >= 0.3 is 0 Å². The molecular formula is C10H19N. The summed E-state index contributed by atoms with van der Waals surface area (Å²) in [6, 6.07) is 0.729. The zero-order valence-electron chi connectivity index (χ0n) is 8.15. The van der Waals surface area contributed by atoms with E-state index in [-0.39, 0.29) is 0 Å². The third-order valence-electron chi connectivity index (χ3n) is 2.98. The molecule has 0 saturated heterocycles. The van der Waals surface area contributed by atoms with E-state index in [1.807, 2.05) is 0 Å². The first kappa shape index (κ1) is 8.63. The summed E-state index contributed by atoms with van der Waals surface area (Å²) in [6.07, 6.45) is 3.99. The quantitative estimate of drug-likeness (QED) is 0.517. The van der Waals surface area contributed by atoms with Crippen LogP contribution in [0.25, 0.3) is 0 Å². The Morgan fingerprint density at radius 3 is 2.64 bits per heavy atom. The standard InChI is InChI=1S/C10H19N/c1-8-6-5-7-9(2)11(4)10(8)3/h9H,5-7H2,1-4H3. The van der Waals surface area contributed by atoms with Crippen molar-refractivity contribution in [2.45, 2.75) is 46.1 Å². The highest BCUT2D eigenvalue weighted by molar-refractivity contribution is 5.10. The van der Waals surface area contributed by atoms with Crippen LogP contribution in [0.3, 0.4) is 0 Å². The van der Waals surface area contributed by atoms with Gasteiger partial charge in [0.25, 0.3) is 0 Å². The fourth-order valence-corrected chi connectivity index (χ4v) is 1.67. The van der Waals surface area contributed by atoms with Crippen LogP contribution >= 0.6 is 0 Å². The molecule has 0 saturated carbocycles. The summed E-state index contributed by atoms with van der Waals surface area (Å²) in [7, 11) is 2.20. The molecule has 0 fully saturated rings. The molecule has 0 N–H and O–H groups in total. The Labute approximate surface area is 70.1 Å². The average Bonchev–Trinajstić information content (AvgIpc) is 2.07. The van der Waals surface area contributed by atoms with Crippen molar-refractivity contribution in [2.75, 3.05) is 7.05 Å². The van der Waals surface area contributed by atoms with E-state index in [9.17, 15) is 0 Å². The zero-order valence-corrected chi connectivity index (χ0v) is 8.15. The molecule has 0 aromatic rings. The molecule has 64 valence electrons. The summed E-state index contributed by atoms with van der Waals surface area (Å²) in [6.45, 7) is 6.79. The monoisotopic (exact) mass is 153 g/mol. The maximum Gasteiger partial charge on any atom is 0.0255 e. The van der Waals surface area contributed by atoms with Crippen molar-refractivity contribution in [1.29, 1.82) is 0 Å². The van der Waals surface area contributed by atoms with Crippen LogP contribution in [0.2, 0.25) is 0 Å². The van der Waals surface area contributed by atoms with Gasteiger partial charge in [0.1, 0.15) is 0 Å². The Morgan fingerprint density at radius 1 is 1.36 bits per heavy atom. The van der Waals surface area contributed by atoms with Gasteiger partial charge in [-0.05, 0) is 40.0 Å². The predicted molar refractivity (Wildman–Crippen MR) is 49.5 cm³/mol. The topological polar surface area (TPSA) is 3.24 Å². The number of nitrogens with zero attached hydrogens (tertiary/aromatic N) is 1. The van der Waals surface area contributed by atoms with Gasteiger partial charge in [0, 0.05) is 18.8 Å². The minimum Gasteiger partial charge on any atom is -0.375 e. The lowest BCUT2D eigenvalue weighted by Crippen LogP contribution is -2.26. The van der Waals surface area contributed by atoms with Gasteiger partial charge in [0.2, 0.25) is 0 Å². The Balaban J connectivity index is 2.78. The lowest BCUT2D eigenvalue weighted by Gasteiger charge is -2.26. The molecule has 1 heterocycles. The van der Waals surface area contributed by atoms with Crippen molar-refractivity contribution < 1.29 is 0 Å². The van der Waals surface area contributed by atoms with Crippen LogP contribution in [-0.4, -0.2) is 18.0 Å². The van der Waals surface area contributed by atoms with Crippen LogP contribution in [0.1, 0.15) is 40.0 Å². The molecule has 0 aromatic heterocycles. The SMILES string of the molecule is CC1=C(C)N(C)C(C)CCC1. The van der Waals surface area contributed by atoms with Crippen LogP contribution in [-0.2, 0) is 0 Å². The molecule has 0 bridgehead atoms. The van der Waals surface area contributed by atoms with Crippen molar-refractivity contribution in [2.24, 2.45) is 0 Å². The summed E-state index contributed by atoms with van der Waals surface area (Å²) in [5.74, 6) is 0. The molecular weight excluding hydrogens is 134 g/mol. The van der Waals surface area contributed by atoms with E-state index >= 15 is 0 Å². The summed E-state index contributed by atoms with van der Waals surface area (Å²) < 4.78 is 0. The van der Waals surface area contributed by atoms with Gasteiger partial charge in [-0.1, -0.05) is 5.57 Å². The lowest BCUT2D eigenvalue weighted by atomic mass is 10.1. The first-order valence-electron chi connectivity index (χ1n) is 4.52. The average molecular weight is 153 g/mol. The molecule has 1 heteroatoms. The lowest BCUT2D eigenvalue weighted by molar-refractivity contribution is 0.313. The van der Waals surface area contributed by atoms with E-state index in [0.717, 1.165) is 6.04 Å². The smallest absolute Gasteiger partial charge is 0.0255 e. The molecule has 0 radical (unpaired) electrons. The van der Waals surface area contributed by atoms with Crippen molar-refractivity contribution in [1.82, 2.24) is 4.90 Å². The van der Waals surface area contributed by atoms with Crippen LogP contribution in [0, 0.1) is 0 Å². The molecule has 1 aliphatic heterocycles. The van der Waals surface area contributed by atoms with E-state index in [0.29, 0.717) is 0 Å². The van der Waals surface area contributed by atoms with Gasteiger partial charge in [-0.2, -0.15) is 0 Å². The molecule has 1 aliphatic rings. The van der Waals surface area contributed by atoms with E-state index in [4.69, 9.17) is 0 Å². The molecule has 0 amide bonds. The van der Waals surface area contributed by atoms with Gasteiger partial charge < -0.3 is 4.90 Å². The van der Waals surface area contributed by atoms with Crippen molar-refractivity contribution in [3.63, 3.8) is 0 Å². The summed E-state index contributed by atoms with van der Waals surface area (Å²) in [4.78, 5) is 2.41. The van der Waals surface area contributed by atoms with E-state index in [1.165, 1.54) is 25.0 Å². The molecule has 1 atom stereocenters. The second kappa shape index (κ2) is 3.29. The van der Waals surface area contributed by atoms with Crippen LogP contribution < -0.4 is 0 Å². The Morgan fingerprint density at radius 2 is 2.00 bits per heavy atom. The number of rotatable bonds is 0. The zero-order chi connectivity index (χ0) is 8.43. The predicted octanol–water partition coefficient (Wildman–Crippen LogP) is 2.78. The number of hydrogen-bond acceptors (Lipinski definition) is 1. The fourth-order valence-electron chi connectivity index (χ4n) is 1.67. The highest BCUT2D eigenvalue weighted by atomic mass is 15.1. The van der Waals surface area contributed by atoms with E-state index < -0.39 is 0 Å². The Hall–Kier alpha value is -0.460. The summed E-state index contributed by atoms with van der Waals surface area (Å²) in [5.41, 5.74) is 3.05. The van der Waals surface area contributed by atoms with Gasteiger partial charge in [0.05, 0.1) is 0 Å². The van der Waals surface area contributed by atoms with Gasteiger partial charge in [-0.3, -0.25) is 0 Å². The van der Waals surface area contributed by atoms with Crippen molar-refractivity contribution in [3.05, 3.63) is 11.3 Å². The highest BCUT2D eigenvalue weighted by Crippen LogP contribution is 2.23. The molecule has 11 heavy (non-hydrogen) atoms. The fraction of sp³-hybridized carbons (Fsp3) is 0.800. The minimum atomic E-state index is 0.729. The van der Waals surface area contributed by atoms with Crippen LogP contribution in [0.5, 0.6) is 0 Å². The Kier molecular flexibility index (Phi) is 2.58. The highest BCUT2D eigenvalue weighted by Gasteiger charge is 2.14. The maximum absolute atomic E-state index is 2.41. The minimum absolute atomic E-state index is 0.729. The molecule has 0 aromatic carbocycles. The number of hydrogen-bond donors (Lipinski definition) is 0. The molecule has 1 nitrogen and oxygen atoms in total. The first-order valence-corrected chi connectivity index (χ1v) is 4.52. The summed E-state index contributed by atoms with van der Waals surface area (Å²) in [5, 5.41) is 0. The van der Waals surface area contributed by atoms with Crippen LogP contribution in [0.15, 0.2) is 11.3 Å². The Bertz CT molecular complexity index is 170. The van der Waals surface area contributed by atoms with E-state index in [1.54, 1.807) is 5.57 Å². The summed E-state index contributed by atoms with van der Waals surface area (Å²) >= 11 is 0. The molecule has 0 spiro atoms. The molecule has 1 unspecified atom stereocenters. The number of allylic oxidation sites excluding steroid dienone is 2.